The van der Waals surface area contributed by atoms with E-state index in [2.05, 4.69) is 10.1 Å². The van der Waals surface area contributed by atoms with Gasteiger partial charge in [-0.15, -0.1) is 0 Å². The van der Waals surface area contributed by atoms with E-state index in [4.69, 9.17) is 9.72 Å². The lowest BCUT2D eigenvalue weighted by molar-refractivity contribution is -0.0176. The average molecular weight is 493 g/mol. The molecule has 1 aromatic carbocycles. The van der Waals surface area contributed by atoms with Gasteiger partial charge in [-0.25, -0.2) is 18.7 Å². The van der Waals surface area contributed by atoms with E-state index in [1.165, 1.54) is 16.7 Å². The number of nitrogens with zero attached hydrogens (tertiary/aromatic N) is 6. The number of benzene rings is 1. The molecule has 2 atom stereocenters. The second kappa shape index (κ2) is 8.48. The quantitative estimate of drug-likeness (QED) is 0.427. The normalized spacial score (nSPS) is 20.3. The number of hydrogen-bond acceptors (Lipinski definition) is 6. The van der Waals surface area contributed by atoms with Crippen LogP contribution < -0.4 is 10.5 Å². The minimum atomic E-state index is -0.728. The van der Waals surface area contributed by atoms with Crippen molar-refractivity contribution >= 4 is 16.9 Å². The van der Waals surface area contributed by atoms with Gasteiger partial charge in [0.25, 0.3) is 5.56 Å². The Bertz CT molecular complexity index is 1540. The fraction of sp³-hybridized carbons (Fsp3) is 0.385. The van der Waals surface area contributed by atoms with Gasteiger partial charge < -0.3 is 9.64 Å². The van der Waals surface area contributed by atoms with Crippen LogP contribution in [0, 0.1) is 18.6 Å². The Balaban J connectivity index is 1.47. The van der Waals surface area contributed by atoms with Gasteiger partial charge in [0.05, 0.1) is 24.9 Å². The molecule has 0 spiro atoms. The van der Waals surface area contributed by atoms with Crippen LogP contribution in [0.4, 0.5) is 14.6 Å². The Morgan fingerprint density at radius 3 is 2.61 bits per heavy atom. The molecule has 1 saturated carbocycles. The third-order valence-electron chi connectivity index (χ3n) is 6.97. The zero-order valence-corrected chi connectivity index (χ0v) is 20.3. The van der Waals surface area contributed by atoms with Crippen LogP contribution in [0.2, 0.25) is 0 Å². The summed E-state index contributed by atoms with van der Waals surface area (Å²) in [5, 5.41) is 4.50. The van der Waals surface area contributed by atoms with Crippen LogP contribution in [0.5, 0.6) is 0 Å². The van der Waals surface area contributed by atoms with Crippen molar-refractivity contribution in [3.05, 3.63) is 70.0 Å². The fourth-order valence-corrected chi connectivity index (χ4v) is 4.79. The van der Waals surface area contributed by atoms with Gasteiger partial charge in [0.15, 0.2) is 5.52 Å². The van der Waals surface area contributed by atoms with Crippen molar-refractivity contribution in [2.45, 2.75) is 44.9 Å². The van der Waals surface area contributed by atoms with Crippen molar-refractivity contribution in [1.82, 2.24) is 24.3 Å². The van der Waals surface area contributed by atoms with Gasteiger partial charge in [0, 0.05) is 42.5 Å². The summed E-state index contributed by atoms with van der Waals surface area (Å²) in [7, 11) is 1.63. The van der Waals surface area contributed by atoms with Gasteiger partial charge in [0.1, 0.15) is 34.9 Å². The first-order valence-corrected chi connectivity index (χ1v) is 12.1. The molecule has 0 unspecified atom stereocenters. The number of aryl methyl sites for hydroxylation is 1. The molecule has 36 heavy (non-hydrogen) atoms. The Kier molecular flexibility index (Phi) is 5.36. The van der Waals surface area contributed by atoms with Gasteiger partial charge in [-0.05, 0) is 44.9 Å². The lowest BCUT2D eigenvalue weighted by Crippen LogP contribution is -2.43. The van der Waals surface area contributed by atoms with Crippen LogP contribution in [0.15, 0.2) is 41.5 Å². The monoisotopic (exact) mass is 492 g/mol. The second-order valence-corrected chi connectivity index (χ2v) is 9.70. The summed E-state index contributed by atoms with van der Waals surface area (Å²) in [6, 6.07) is 5.60. The van der Waals surface area contributed by atoms with E-state index in [-0.39, 0.29) is 34.4 Å². The molecular formula is C26H26F2N6O2. The molecule has 1 saturated heterocycles. The van der Waals surface area contributed by atoms with Crippen molar-refractivity contribution in [3.63, 3.8) is 0 Å². The van der Waals surface area contributed by atoms with Crippen molar-refractivity contribution in [2.75, 3.05) is 18.0 Å². The predicted molar refractivity (Wildman–Crippen MR) is 131 cm³/mol. The summed E-state index contributed by atoms with van der Waals surface area (Å²) in [4.78, 5) is 24.5. The third kappa shape index (κ3) is 3.95. The largest absolute Gasteiger partial charge is 0.367 e. The minimum Gasteiger partial charge on any atom is -0.367 e. The molecule has 3 aromatic heterocycles. The standard InChI is InChI=1S/C26H26F2N6O2/c1-14-11-33(13-22(36-14)16-10-29-34(12-16)18-5-6-18)23-9-20(19-7-4-17(27)8-21(19)28)24-25(31-23)26(35)32(3)15(2)30-24/h4,7-10,12,14,18,22H,5-6,11,13H2,1-3H3/t14-,22+/m1/s1. The molecule has 4 heterocycles. The Hall–Kier alpha value is -3.66. The molecule has 0 radical (unpaired) electrons. The molecule has 0 N–H and O–H groups in total. The highest BCUT2D eigenvalue weighted by molar-refractivity contribution is 5.93. The first-order chi connectivity index (χ1) is 17.3. The topological polar surface area (TPSA) is 78.1 Å². The second-order valence-electron chi connectivity index (χ2n) is 9.70. The highest BCUT2D eigenvalue weighted by Crippen LogP contribution is 2.37. The molecule has 2 aliphatic rings. The summed E-state index contributed by atoms with van der Waals surface area (Å²) in [5.41, 5.74) is 1.63. The Morgan fingerprint density at radius 1 is 1.06 bits per heavy atom. The number of hydrogen-bond donors (Lipinski definition) is 0. The van der Waals surface area contributed by atoms with Crippen LogP contribution in [-0.2, 0) is 11.8 Å². The zero-order valence-electron chi connectivity index (χ0n) is 20.3. The number of fused-ring (bicyclic) bond motifs is 1. The first kappa shape index (κ1) is 22.8. The molecule has 0 amide bonds. The van der Waals surface area contributed by atoms with Gasteiger partial charge in [-0.1, -0.05) is 0 Å². The van der Waals surface area contributed by atoms with Crippen molar-refractivity contribution in [2.24, 2.45) is 7.05 Å². The van der Waals surface area contributed by atoms with E-state index in [1.54, 1.807) is 20.0 Å². The summed E-state index contributed by atoms with van der Waals surface area (Å²) in [5.74, 6) is -0.418. The Morgan fingerprint density at radius 2 is 1.86 bits per heavy atom. The average Bonchev–Trinajstić information content (AvgIpc) is 3.58. The summed E-state index contributed by atoms with van der Waals surface area (Å²) in [6.45, 7) is 4.71. The van der Waals surface area contributed by atoms with Crippen molar-refractivity contribution in [3.8, 4) is 11.1 Å². The van der Waals surface area contributed by atoms with Crippen LogP contribution in [0.3, 0.4) is 0 Å². The lowest BCUT2D eigenvalue weighted by Gasteiger charge is -2.37. The maximum atomic E-state index is 14.9. The van der Waals surface area contributed by atoms with Crippen LogP contribution in [-0.4, -0.2) is 43.5 Å². The number of ether oxygens (including phenoxy) is 1. The maximum absolute atomic E-state index is 14.9. The van der Waals surface area contributed by atoms with Crippen LogP contribution >= 0.6 is 0 Å². The molecule has 1 aliphatic heterocycles. The number of aromatic nitrogens is 5. The molecule has 10 heteroatoms. The number of morpholine rings is 1. The van der Waals surface area contributed by atoms with Gasteiger partial charge >= 0.3 is 0 Å². The maximum Gasteiger partial charge on any atom is 0.279 e. The van der Waals surface area contributed by atoms with Gasteiger partial charge in [-0.2, -0.15) is 5.10 Å². The molecule has 1 aliphatic carbocycles. The zero-order chi connectivity index (χ0) is 25.1. The highest BCUT2D eigenvalue weighted by atomic mass is 19.1. The molecular weight excluding hydrogens is 466 g/mol. The first-order valence-electron chi connectivity index (χ1n) is 12.1. The minimum absolute atomic E-state index is 0.115. The molecule has 4 aromatic rings. The molecule has 2 fully saturated rings. The summed E-state index contributed by atoms with van der Waals surface area (Å²) >= 11 is 0. The highest BCUT2D eigenvalue weighted by Gasteiger charge is 2.31. The van der Waals surface area contributed by atoms with E-state index in [0.717, 1.165) is 24.5 Å². The van der Waals surface area contributed by atoms with Gasteiger partial charge in [-0.3, -0.25) is 14.0 Å². The molecule has 6 rings (SSSR count). The van der Waals surface area contributed by atoms with E-state index in [0.29, 0.717) is 36.3 Å². The number of halogens is 2. The van der Waals surface area contributed by atoms with Crippen molar-refractivity contribution < 1.29 is 13.5 Å². The van der Waals surface area contributed by atoms with Crippen LogP contribution in [0.25, 0.3) is 22.2 Å². The van der Waals surface area contributed by atoms with E-state index in [9.17, 15) is 13.6 Å². The summed E-state index contributed by atoms with van der Waals surface area (Å²) in [6.07, 6.45) is 5.81. The van der Waals surface area contributed by atoms with E-state index < -0.39 is 11.6 Å². The third-order valence-corrected chi connectivity index (χ3v) is 6.97. The van der Waals surface area contributed by atoms with Crippen LogP contribution in [0.1, 0.15) is 43.3 Å². The van der Waals surface area contributed by atoms with E-state index in [1.807, 2.05) is 28.9 Å². The van der Waals surface area contributed by atoms with Crippen molar-refractivity contribution in [1.29, 1.82) is 0 Å². The fourth-order valence-electron chi connectivity index (χ4n) is 4.79. The molecule has 186 valence electrons. The molecule has 8 nitrogen and oxygen atoms in total. The number of rotatable bonds is 4. The number of pyridine rings is 1. The SMILES string of the molecule is Cc1nc2c(-c3ccc(F)cc3F)cc(N3C[C@@H](C)O[C@H](c4cnn(C5CC5)c4)C3)nc2c(=O)n1C. The number of anilines is 1. The predicted octanol–water partition coefficient (Wildman–Crippen LogP) is 4.08. The molecule has 0 bridgehead atoms. The summed E-state index contributed by atoms with van der Waals surface area (Å²) < 4.78 is 38.2. The lowest BCUT2D eigenvalue weighted by atomic mass is 10.0. The Labute approximate surface area is 206 Å². The smallest absolute Gasteiger partial charge is 0.279 e. The van der Waals surface area contributed by atoms with E-state index >= 15 is 0 Å². The van der Waals surface area contributed by atoms with Gasteiger partial charge in [0.2, 0.25) is 0 Å².